The molecule has 1 rings (SSSR count). The molecule has 2 unspecified atom stereocenters. The number of carbonyl (C=O) groups is 1. The normalized spacial score (nSPS) is 14.4. The van der Waals surface area contributed by atoms with E-state index in [2.05, 4.69) is 10.3 Å². The Bertz CT molecular complexity index is 349. The van der Waals surface area contributed by atoms with E-state index >= 15 is 0 Å². The molecule has 0 saturated carbocycles. The quantitative estimate of drug-likeness (QED) is 0.785. The third-order valence-electron chi connectivity index (χ3n) is 2.48. The lowest BCUT2D eigenvalue weighted by Gasteiger charge is -2.16. The zero-order valence-electron chi connectivity index (χ0n) is 9.32. The molecule has 0 fully saturated rings. The lowest BCUT2D eigenvalue weighted by Crippen LogP contribution is -2.34. The van der Waals surface area contributed by atoms with Crippen LogP contribution < -0.4 is 11.1 Å². The van der Waals surface area contributed by atoms with E-state index in [-0.39, 0.29) is 17.9 Å². The Kier molecular flexibility index (Phi) is 3.80. The summed E-state index contributed by atoms with van der Waals surface area (Å²) in [4.78, 5) is 15.7. The van der Waals surface area contributed by atoms with Crippen molar-refractivity contribution in [2.24, 2.45) is 11.7 Å². The topological polar surface area (TPSA) is 68.0 Å². The van der Waals surface area contributed by atoms with Crippen LogP contribution in [0, 0.1) is 12.8 Å². The average molecular weight is 207 g/mol. The molecule has 2 atom stereocenters. The third kappa shape index (κ3) is 3.02. The second-order valence-electron chi connectivity index (χ2n) is 3.83. The number of hydrogen-bond acceptors (Lipinski definition) is 3. The molecule has 4 heteroatoms. The molecule has 0 aliphatic carbocycles. The van der Waals surface area contributed by atoms with Crippen molar-refractivity contribution < 1.29 is 4.79 Å². The highest BCUT2D eigenvalue weighted by Crippen LogP contribution is 2.13. The van der Waals surface area contributed by atoms with Crippen LogP contribution in [0.4, 0.5) is 5.69 Å². The number of pyridine rings is 1. The fourth-order valence-corrected chi connectivity index (χ4v) is 1.10. The van der Waals surface area contributed by atoms with Crippen molar-refractivity contribution in [3.8, 4) is 0 Å². The maximum atomic E-state index is 11.7. The maximum absolute atomic E-state index is 11.7. The van der Waals surface area contributed by atoms with Gasteiger partial charge in [0, 0.05) is 24.1 Å². The second kappa shape index (κ2) is 4.89. The molecule has 3 N–H and O–H groups in total. The van der Waals surface area contributed by atoms with Crippen molar-refractivity contribution in [1.82, 2.24) is 4.98 Å². The van der Waals surface area contributed by atoms with Crippen molar-refractivity contribution in [3.05, 3.63) is 24.0 Å². The summed E-state index contributed by atoms with van der Waals surface area (Å²) in [5, 5.41) is 2.83. The maximum Gasteiger partial charge on any atom is 0.228 e. The number of carbonyl (C=O) groups excluding carboxylic acids is 1. The van der Waals surface area contributed by atoms with Crippen LogP contribution in [-0.4, -0.2) is 16.9 Å². The molecule has 1 aromatic rings. The van der Waals surface area contributed by atoms with Crippen LogP contribution in [-0.2, 0) is 4.79 Å². The zero-order valence-corrected chi connectivity index (χ0v) is 9.32. The molecule has 0 aliphatic heterocycles. The molecule has 0 bridgehead atoms. The van der Waals surface area contributed by atoms with Crippen LogP contribution in [0.3, 0.4) is 0 Å². The molecule has 0 spiro atoms. The fourth-order valence-electron chi connectivity index (χ4n) is 1.10. The molecule has 15 heavy (non-hydrogen) atoms. The predicted molar refractivity (Wildman–Crippen MR) is 60.4 cm³/mol. The highest BCUT2D eigenvalue weighted by Gasteiger charge is 2.17. The molecule has 0 saturated heterocycles. The van der Waals surface area contributed by atoms with Gasteiger partial charge in [0.25, 0.3) is 0 Å². The minimum atomic E-state index is -0.197. The van der Waals surface area contributed by atoms with Gasteiger partial charge in [0.2, 0.25) is 5.91 Å². The summed E-state index contributed by atoms with van der Waals surface area (Å²) in [5.41, 5.74) is 7.40. The number of amides is 1. The molecule has 4 nitrogen and oxygen atoms in total. The summed E-state index contributed by atoms with van der Waals surface area (Å²) in [6.45, 7) is 5.54. The summed E-state index contributed by atoms with van der Waals surface area (Å²) < 4.78 is 0. The van der Waals surface area contributed by atoms with Gasteiger partial charge in [-0.3, -0.25) is 9.78 Å². The minimum absolute atomic E-state index is 0.0562. The van der Waals surface area contributed by atoms with Crippen molar-refractivity contribution in [3.63, 3.8) is 0 Å². The van der Waals surface area contributed by atoms with Gasteiger partial charge in [-0.1, -0.05) is 6.92 Å². The Morgan fingerprint density at radius 2 is 2.20 bits per heavy atom. The zero-order chi connectivity index (χ0) is 11.4. The number of nitrogens with two attached hydrogens (primary N) is 1. The van der Waals surface area contributed by atoms with E-state index < -0.39 is 0 Å². The summed E-state index contributed by atoms with van der Waals surface area (Å²) in [7, 11) is 0. The lowest BCUT2D eigenvalue weighted by atomic mass is 10.0. The third-order valence-corrected chi connectivity index (χ3v) is 2.48. The molecule has 0 aliphatic rings. The Hall–Kier alpha value is -1.42. The van der Waals surface area contributed by atoms with Gasteiger partial charge in [0.05, 0.1) is 5.92 Å². The number of nitrogens with zero attached hydrogens (tertiary/aromatic N) is 1. The van der Waals surface area contributed by atoms with Gasteiger partial charge in [-0.05, 0) is 25.5 Å². The van der Waals surface area contributed by atoms with Crippen LogP contribution in [0.15, 0.2) is 18.5 Å². The van der Waals surface area contributed by atoms with E-state index in [1.165, 1.54) is 0 Å². The largest absolute Gasteiger partial charge is 0.327 e. The van der Waals surface area contributed by atoms with E-state index in [0.29, 0.717) is 0 Å². The second-order valence-corrected chi connectivity index (χ2v) is 3.83. The van der Waals surface area contributed by atoms with Crippen LogP contribution in [0.25, 0.3) is 0 Å². The van der Waals surface area contributed by atoms with Gasteiger partial charge in [-0.15, -0.1) is 0 Å². The van der Waals surface area contributed by atoms with Gasteiger partial charge < -0.3 is 11.1 Å². The van der Waals surface area contributed by atoms with E-state index in [1.807, 2.05) is 20.8 Å². The minimum Gasteiger partial charge on any atom is -0.327 e. The predicted octanol–water partition coefficient (Wildman–Crippen LogP) is 1.31. The SMILES string of the molecule is Cc1cnccc1NC(=O)C(C)C(C)N. The Balaban J connectivity index is 2.71. The average Bonchev–Trinajstić information content (AvgIpc) is 2.20. The summed E-state index contributed by atoms with van der Waals surface area (Å²) in [6, 6.07) is 1.63. The van der Waals surface area contributed by atoms with Gasteiger partial charge in [-0.2, -0.15) is 0 Å². The van der Waals surface area contributed by atoms with Crippen molar-refractivity contribution in [2.75, 3.05) is 5.32 Å². The van der Waals surface area contributed by atoms with Crippen molar-refractivity contribution >= 4 is 11.6 Å². The Labute approximate surface area is 89.9 Å². The first-order chi connectivity index (χ1) is 7.02. The summed E-state index contributed by atoms with van der Waals surface area (Å²) in [6.07, 6.45) is 3.37. The fraction of sp³-hybridized carbons (Fsp3) is 0.455. The number of nitrogens with one attached hydrogen (secondary N) is 1. The van der Waals surface area contributed by atoms with Gasteiger partial charge >= 0.3 is 0 Å². The first kappa shape index (κ1) is 11.7. The Morgan fingerprint density at radius 1 is 1.53 bits per heavy atom. The van der Waals surface area contributed by atoms with Crippen molar-refractivity contribution in [1.29, 1.82) is 0 Å². The molecule has 1 amide bonds. The van der Waals surface area contributed by atoms with Crippen LogP contribution in [0.1, 0.15) is 19.4 Å². The van der Waals surface area contributed by atoms with E-state index in [0.717, 1.165) is 11.3 Å². The van der Waals surface area contributed by atoms with Crippen LogP contribution >= 0.6 is 0 Å². The first-order valence-corrected chi connectivity index (χ1v) is 4.99. The lowest BCUT2D eigenvalue weighted by molar-refractivity contribution is -0.119. The molecule has 1 aromatic heterocycles. The van der Waals surface area contributed by atoms with Gasteiger partial charge in [-0.25, -0.2) is 0 Å². The van der Waals surface area contributed by atoms with Gasteiger partial charge in [0.15, 0.2) is 0 Å². The summed E-state index contributed by atoms with van der Waals surface area (Å²) in [5.74, 6) is -0.253. The van der Waals surface area contributed by atoms with E-state index in [1.54, 1.807) is 18.5 Å². The Morgan fingerprint density at radius 3 is 2.73 bits per heavy atom. The number of aromatic nitrogens is 1. The van der Waals surface area contributed by atoms with Crippen LogP contribution in [0.5, 0.6) is 0 Å². The van der Waals surface area contributed by atoms with Gasteiger partial charge in [0.1, 0.15) is 0 Å². The highest BCUT2D eigenvalue weighted by molar-refractivity contribution is 5.93. The van der Waals surface area contributed by atoms with E-state index in [9.17, 15) is 4.79 Å². The van der Waals surface area contributed by atoms with Crippen molar-refractivity contribution in [2.45, 2.75) is 26.8 Å². The van der Waals surface area contributed by atoms with E-state index in [4.69, 9.17) is 5.73 Å². The molecular weight excluding hydrogens is 190 g/mol. The number of hydrogen-bond donors (Lipinski definition) is 2. The number of rotatable bonds is 3. The highest BCUT2D eigenvalue weighted by atomic mass is 16.1. The molecule has 0 radical (unpaired) electrons. The monoisotopic (exact) mass is 207 g/mol. The summed E-state index contributed by atoms with van der Waals surface area (Å²) >= 11 is 0. The smallest absolute Gasteiger partial charge is 0.228 e. The molecule has 0 aromatic carbocycles. The number of anilines is 1. The standard InChI is InChI=1S/C11H17N3O/c1-7-6-13-5-4-10(7)14-11(15)8(2)9(3)12/h4-6,8-9H,12H2,1-3H3,(H,13,14,15). The molecule has 1 heterocycles. The molecule has 82 valence electrons. The van der Waals surface area contributed by atoms with Crippen LogP contribution in [0.2, 0.25) is 0 Å². The first-order valence-electron chi connectivity index (χ1n) is 4.99. The number of aryl methyl sites for hydroxylation is 1. The molecular formula is C11H17N3O.